The Morgan fingerprint density at radius 3 is 2.07 bits per heavy atom. The van der Waals surface area contributed by atoms with Crippen LogP contribution in [-0.4, -0.2) is 17.9 Å². The fraction of sp³-hybridized carbons (Fsp3) is 0.391. The minimum Gasteiger partial charge on any atom is -0.353 e. The zero-order valence-electron chi connectivity index (χ0n) is 15.8. The predicted molar refractivity (Wildman–Crippen MR) is 108 cm³/mol. The van der Waals surface area contributed by atoms with E-state index in [-0.39, 0.29) is 24.3 Å². The third-order valence-electron chi connectivity index (χ3n) is 5.08. The SMILES string of the molecule is O=C(CC(=O)N(Cc1ccccc1)c1ccccc1)NC1CCCCCC1. The van der Waals surface area contributed by atoms with E-state index >= 15 is 0 Å². The molecule has 1 aliphatic carbocycles. The number of benzene rings is 2. The minimum absolute atomic E-state index is 0.113. The summed E-state index contributed by atoms with van der Waals surface area (Å²) in [6.45, 7) is 0.459. The summed E-state index contributed by atoms with van der Waals surface area (Å²) in [5.41, 5.74) is 1.85. The highest BCUT2D eigenvalue weighted by Crippen LogP contribution is 2.19. The molecule has 4 heteroatoms. The topological polar surface area (TPSA) is 49.4 Å². The summed E-state index contributed by atoms with van der Waals surface area (Å²) in [7, 11) is 0. The molecule has 0 unspecified atom stereocenters. The highest BCUT2D eigenvalue weighted by molar-refractivity contribution is 6.05. The quantitative estimate of drug-likeness (QED) is 0.608. The molecule has 2 aromatic carbocycles. The lowest BCUT2D eigenvalue weighted by Gasteiger charge is -2.24. The third-order valence-corrected chi connectivity index (χ3v) is 5.08. The maximum absolute atomic E-state index is 12.9. The fourth-order valence-electron chi connectivity index (χ4n) is 3.63. The normalized spacial score (nSPS) is 15.0. The molecule has 0 saturated heterocycles. The van der Waals surface area contributed by atoms with Gasteiger partial charge in [-0.15, -0.1) is 0 Å². The van der Waals surface area contributed by atoms with Crippen molar-refractivity contribution in [1.29, 1.82) is 0 Å². The number of anilines is 1. The van der Waals surface area contributed by atoms with Crippen molar-refractivity contribution in [2.24, 2.45) is 0 Å². The van der Waals surface area contributed by atoms with E-state index in [0.29, 0.717) is 6.54 Å². The van der Waals surface area contributed by atoms with Crippen molar-refractivity contribution < 1.29 is 9.59 Å². The smallest absolute Gasteiger partial charge is 0.236 e. The average Bonchev–Trinajstić information content (AvgIpc) is 2.96. The van der Waals surface area contributed by atoms with E-state index < -0.39 is 0 Å². The first kappa shape index (κ1) is 19.2. The van der Waals surface area contributed by atoms with Gasteiger partial charge in [0.05, 0.1) is 6.54 Å². The van der Waals surface area contributed by atoms with Gasteiger partial charge in [-0.1, -0.05) is 74.2 Å². The molecule has 0 aliphatic heterocycles. The lowest BCUT2D eigenvalue weighted by Crippen LogP contribution is -2.39. The maximum atomic E-state index is 12.9. The molecule has 2 aromatic rings. The lowest BCUT2D eigenvalue weighted by molar-refractivity contribution is -0.128. The molecule has 1 fully saturated rings. The second kappa shape index (κ2) is 9.91. The van der Waals surface area contributed by atoms with Crippen LogP contribution in [0.5, 0.6) is 0 Å². The monoisotopic (exact) mass is 364 g/mol. The lowest BCUT2D eigenvalue weighted by atomic mass is 10.1. The van der Waals surface area contributed by atoms with E-state index in [1.54, 1.807) is 4.90 Å². The number of para-hydroxylation sites is 1. The first-order chi connectivity index (χ1) is 13.2. The summed E-state index contributed by atoms with van der Waals surface area (Å²) < 4.78 is 0. The van der Waals surface area contributed by atoms with Crippen LogP contribution < -0.4 is 10.2 Å². The van der Waals surface area contributed by atoms with Crippen LogP contribution in [0, 0.1) is 0 Å². The van der Waals surface area contributed by atoms with Crippen molar-refractivity contribution in [2.45, 2.75) is 57.5 Å². The van der Waals surface area contributed by atoms with E-state index in [4.69, 9.17) is 0 Å². The van der Waals surface area contributed by atoms with Gasteiger partial charge in [-0.05, 0) is 30.5 Å². The Balaban J connectivity index is 1.66. The van der Waals surface area contributed by atoms with Crippen LogP contribution in [0.3, 0.4) is 0 Å². The van der Waals surface area contributed by atoms with Gasteiger partial charge in [0.25, 0.3) is 0 Å². The summed E-state index contributed by atoms with van der Waals surface area (Å²) >= 11 is 0. The highest BCUT2D eigenvalue weighted by Gasteiger charge is 2.21. The third kappa shape index (κ3) is 5.95. The van der Waals surface area contributed by atoms with Gasteiger partial charge < -0.3 is 10.2 Å². The molecular formula is C23H28N2O2. The molecule has 0 atom stereocenters. The number of carbonyl (C=O) groups is 2. The van der Waals surface area contributed by atoms with Gasteiger partial charge in [0.1, 0.15) is 6.42 Å². The van der Waals surface area contributed by atoms with Crippen LogP contribution in [0.4, 0.5) is 5.69 Å². The van der Waals surface area contributed by atoms with Crippen LogP contribution >= 0.6 is 0 Å². The number of nitrogens with zero attached hydrogens (tertiary/aromatic N) is 1. The van der Waals surface area contributed by atoms with Crippen molar-refractivity contribution in [3.63, 3.8) is 0 Å². The molecule has 3 rings (SSSR count). The Hall–Kier alpha value is -2.62. The van der Waals surface area contributed by atoms with Crippen molar-refractivity contribution in [3.05, 3.63) is 66.2 Å². The van der Waals surface area contributed by atoms with Gasteiger partial charge in [0.2, 0.25) is 11.8 Å². The Kier molecular flexibility index (Phi) is 7.03. The summed E-state index contributed by atoms with van der Waals surface area (Å²) in [6, 6.07) is 19.6. The zero-order valence-corrected chi connectivity index (χ0v) is 15.8. The summed E-state index contributed by atoms with van der Waals surface area (Å²) in [6.07, 6.45) is 6.72. The molecular weight excluding hydrogens is 336 g/mol. The van der Waals surface area contributed by atoms with E-state index in [0.717, 1.165) is 36.9 Å². The number of carbonyl (C=O) groups excluding carboxylic acids is 2. The molecule has 0 spiro atoms. The molecule has 4 nitrogen and oxygen atoms in total. The van der Waals surface area contributed by atoms with E-state index in [2.05, 4.69) is 5.32 Å². The molecule has 27 heavy (non-hydrogen) atoms. The van der Waals surface area contributed by atoms with Crippen LogP contribution in [0.25, 0.3) is 0 Å². The first-order valence-corrected chi connectivity index (χ1v) is 9.91. The average molecular weight is 364 g/mol. The van der Waals surface area contributed by atoms with Crippen LogP contribution in [0.2, 0.25) is 0 Å². The number of rotatable bonds is 6. The zero-order chi connectivity index (χ0) is 18.9. The molecule has 0 aromatic heterocycles. The molecule has 0 bridgehead atoms. The summed E-state index contributed by atoms with van der Waals surface area (Å²) in [5, 5.41) is 3.07. The molecule has 1 N–H and O–H groups in total. The molecule has 142 valence electrons. The Bertz CT molecular complexity index is 723. The molecule has 0 radical (unpaired) electrons. The number of hydrogen-bond donors (Lipinski definition) is 1. The largest absolute Gasteiger partial charge is 0.353 e. The maximum Gasteiger partial charge on any atom is 0.236 e. The summed E-state index contributed by atoms with van der Waals surface area (Å²) in [4.78, 5) is 27.1. The number of nitrogens with one attached hydrogen (secondary N) is 1. The minimum atomic E-state index is -0.170. The van der Waals surface area contributed by atoms with Gasteiger partial charge in [-0.25, -0.2) is 0 Å². The van der Waals surface area contributed by atoms with Gasteiger partial charge in [0.15, 0.2) is 0 Å². The van der Waals surface area contributed by atoms with E-state index in [9.17, 15) is 9.59 Å². The van der Waals surface area contributed by atoms with Crippen molar-refractivity contribution >= 4 is 17.5 Å². The van der Waals surface area contributed by atoms with Crippen LogP contribution in [-0.2, 0) is 16.1 Å². The molecule has 0 heterocycles. The summed E-state index contributed by atoms with van der Waals surface area (Å²) in [5.74, 6) is -0.336. The molecule has 1 saturated carbocycles. The standard InChI is InChI=1S/C23H28N2O2/c26-22(24-20-13-7-1-2-8-14-20)17-23(27)25(21-15-9-4-10-16-21)18-19-11-5-3-6-12-19/h3-6,9-12,15-16,20H,1-2,7-8,13-14,17-18H2,(H,24,26). The Labute approximate surface area is 161 Å². The van der Waals surface area contributed by atoms with Crippen molar-refractivity contribution in [3.8, 4) is 0 Å². The second-order valence-corrected chi connectivity index (χ2v) is 7.23. The first-order valence-electron chi connectivity index (χ1n) is 9.91. The van der Waals surface area contributed by atoms with Crippen LogP contribution in [0.15, 0.2) is 60.7 Å². The fourth-order valence-corrected chi connectivity index (χ4v) is 3.63. The van der Waals surface area contributed by atoms with Gasteiger partial charge in [0, 0.05) is 11.7 Å². The van der Waals surface area contributed by atoms with E-state index in [1.165, 1.54) is 12.8 Å². The van der Waals surface area contributed by atoms with Crippen molar-refractivity contribution in [2.75, 3.05) is 4.90 Å². The van der Waals surface area contributed by atoms with Gasteiger partial charge >= 0.3 is 0 Å². The van der Waals surface area contributed by atoms with Crippen LogP contribution in [0.1, 0.15) is 50.5 Å². The molecule has 1 aliphatic rings. The van der Waals surface area contributed by atoms with Gasteiger partial charge in [-0.3, -0.25) is 9.59 Å². The number of amides is 2. The Morgan fingerprint density at radius 1 is 0.852 bits per heavy atom. The highest BCUT2D eigenvalue weighted by atomic mass is 16.2. The van der Waals surface area contributed by atoms with Gasteiger partial charge in [-0.2, -0.15) is 0 Å². The van der Waals surface area contributed by atoms with Crippen molar-refractivity contribution in [1.82, 2.24) is 5.32 Å². The Morgan fingerprint density at radius 2 is 1.44 bits per heavy atom. The second-order valence-electron chi connectivity index (χ2n) is 7.23. The van der Waals surface area contributed by atoms with E-state index in [1.807, 2.05) is 60.7 Å². The predicted octanol–water partition coefficient (Wildman–Crippen LogP) is 4.45. The number of hydrogen-bond acceptors (Lipinski definition) is 2. The molecule has 2 amide bonds.